The summed E-state index contributed by atoms with van der Waals surface area (Å²) in [5.41, 5.74) is 4.13. The predicted molar refractivity (Wildman–Crippen MR) is 99.3 cm³/mol. The highest BCUT2D eigenvalue weighted by atomic mass is 19.4. The van der Waals surface area contributed by atoms with Crippen molar-refractivity contribution in [3.8, 4) is 5.75 Å². The number of fused-ring (bicyclic) bond motifs is 3. The fourth-order valence-corrected chi connectivity index (χ4v) is 3.92. The number of H-pyrrole nitrogens is 1. The van der Waals surface area contributed by atoms with Crippen molar-refractivity contribution in [1.82, 2.24) is 9.88 Å². The number of halogens is 3. The number of methoxy groups -OCH3 is 1. The molecular weight excluding hydrogens is 369 g/mol. The number of aromatic amines is 1. The Morgan fingerprint density at radius 3 is 2.54 bits per heavy atom. The Morgan fingerprint density at radius 1 is 1.18 bits per heavy atom. The van der Waals surface area contributed by atoms with Gasteiger partial charge in [-0.2, -0.15) is 13.2 Å². The average molecular weight is 388 g/mol. The summed E-state index contributed by atoms with van der Waals surface area (Å²) in [6, 6.07) is 11.8. The Bertz CT molecular complexity index is 1040. The molecule has 1 atom stereocenters. The van der Waals surface area contributed by atoms with Crippen LogP contribution in [0.15, 0.2) is 42.5 Å². The highest BCUT2D eigenvalue weighted by molar-refractivity contribution is 5.88. The third-order valence-corrected chi connectivity index (χ3v) is 5.22. The molecular formula is C21H19F3N2O2. The lowest BCUT2D eigenvalue weighted by Gasteiger charge is -2.36. The van der Waals surface area contributed by atoms with Gasteiger partial charge in [-0.05, 0) is 48.7 Å². The summed E-state index contributed by atoms with van der Waals surface area (Å²) in [4.78, 5) is 16.3. The van der Waals surface area contributed by atoms with Crippen LogP contribution < -0.4 is 4.74 Å². The van der Waals surface area contributed by atoms with Gasteiger partial charge in [-0.1, -0.05) is 23.8 Å². The number of hydrogen-bond acceptors (Lipinski definition) is 2. The molecule has 0 saturated carbocycles. The number of nitrogens with one attached hydrogen (secondary N) is 1. The van der Waals surface area contributed by atoms with Crippen LogP contribution in [0.3, 0.4) is 0 Å². The standard InChI is InChI=1S/C21H19F3N2O2/c1-12-3-8-17-16(11-12)15-9-10-26(20(27)21(22,23)24)19(18(15)25-17)13-4-6-14(28-2)7-5-13/h3-8,11,19,25H,9-10H2,1-2H3. The lowest BCUT2D eigenvalue weighted by atomic mass is 9.92. The van der Waals surface area contributed by atoms with E-state index in [1.165, 1.54) is 7.11 Å². The SMILES string of the molecule is COc1ccc(C2c3[nH]c4ccc(C)cc4c3CCN2C(=O)C(F)(F)F)cc1. The van der Waals surface area contributed by atoms with Gasteiger partial charge >= 0.3 is 12.1 Å². The monoisotopic (exact) mass is 388 g/mol. The van der Waals surface area contributed by atoms with Gasteiger partial charge in [0, 0.05) is 23.1 Å². The number of amides is 1. The molecule has 0 radical (unpaired) electrons. The van der Waals surface area contributed by atoms with Crippen molar-refractivity contribution in [3.63, 3.8) is 0 Å². The second kappa shape index (κ2) is 6.58. The van der Waals surface area contributed by atoms with E-state index in [0.29, 0.717) is 23.4 Å². The van der Waals surface area contributed by atoms with Crippen molar-refractivity contribution in [2.45, 2.75) is 25.6 Å². The summed E-state index contributed by atoms with van der Waals surface area (Å²) in [5.74, 6) is -1.23. The maximum absolute atomic E-state index is 13.3. The van der Waals surface area contributed by atoms with Crippen LogP contribution in [0, 0.1) is 6.92 Å². The molecule has 1 aromatic heterocycles. The largest absolute Gasteiger partial charge is 0.497 e. The number of carbonyl (C=O) groups excluding carboxylic acids is 1. The van der Waals surface area contributed by atoms with Gasteiger partial charge < -0.3 is 14.6 Å². The van der Waals surface area contributed by atoms with Gasteiger partial charge in [0.2, 0.25) is 0 Å². The van der Waals surface area contributed by atoms with Crippen molar-refractivity contribution < 1.29 is 22.7 Å². The number of carbonyl (C=O) groups is 1. The first-order chi connectivity index (χ1) is 13.3. The van der Waals surface area contributed by atoms with E-state index >= 15 is 0 Å². The molecule has 0 aliphatic carbocycles. The molecule has 1 aliphatic heterocycles. The molecule has 0 spiro atoms. The summed E-state index contributed by atoms with van der Waals surface area (Å²) in [6.07, 6.45) is -4.56. The van der Waals surface area contributed by atoms with Crippen molar-refractivity contribution >= 4 is 16.8 Å². The summed E-state index contributed by atoms with van der Waals surface area (Å²) in [7, 11) is 1.52. The molecule has 2 aromatic carbocycles. The summed E-state index contributed by atoms with van der Waals surface area (Å²) in [5, 5.41) is 0.993. The number of rotatable bonds is 2. The first-order valence-corrected chi connectivity index (χ1v) is 8.92. The molecule has 2 heterocycles. The van der Waals surface area contributed by atoms with Crippen LogP contribution in [0.2, 0.25) is 0 Å². The molecule has 0 fully saturated rings. The van der Waals surface area contributed by atoms with E-state index in [1.54, 1.807) is 24.3 Å². The Hall–Kier alpha value is -2.96. The van der Waals surface area contributed by atoms with E-state index in [-0.39, 0.29) is 6.54 Å². The smallest absolute Gasteiger partial charge is 0.471 e. The maximum atomic E-state index is 13.3. The summed E-state index contributed by atoms with van der Waals surface area (Å²) < 4.78 is 44.9. The topological polar surface area (TPSA) is 45.3 Å². The quantitative estimate of drug-likeness (QED) is 0.702. The fourth-order valence-electron chi connectivity index (χ4n) is 3.92. The van der Waals surface area contributed by atoms with E-state index in [4.69, 9.17) is 4.74 Å². The molecule has 7 heteroatoms. The van der Waals surface area contributed by atoms with Gasteiger partial charge in [-0.15, -0.1) is 0 Å². The molecule has 0 saturated heterocycles. The van der Waals surface area contributed by atoms with Crippen molar-refractivity contribution in [1.29, 1.82) is 0 Å². The normalized spacial score (nSPS) is 16.9. The van der Waals surface area contributed by atoms with Gasteiger partial charge in [-0.25, -0.2) is 0 Å². The Kier molecular flexibility index (Phi) is 4.33. The minimum Gasteiger partial charge on any atom is -0.497 e. The van der Waals surface area contributed by atoms with Gasteiger partial charge in [0.15, 0.2) is 0 Å². The molecule has 146 valence electrons. The van der Waals surface area contributed by atoms with Crippen molar-refractivity contribution in [3.05, 3.63) is 64.8 Å². The lowest BCUT2D eigenvalue weighted by molar-refractivity contribution is -0.187. The number of aromatic nitrogens is 1. The van der Waals surface area contributed by atoms with Crippen LogP contribution in [0.1, 0.15) is 28.4 Å². The zero-order valence-corrected chi connectivity index (χ0v) is 15.4. The molecule has 0 bridgehead atoms. The number of aryl methyl sites for hydroxylation is 1. The van der Waals surface area contributed by atoms with Crippen LogP contribution >= 0.6 is 0 Å². The second-order valence-electron chi connectivity index (χ2n) is 6.99. The number of hydrogen-bond donors (Lipinski definition) is 1. The van der Waals surface area contributed by atoms with Crippen LogP contribution in [-0.4, -0.2) is 35.6 Å². The predicted octanol–water partition coefficient (Wildman–Crippen LogP) is 4.52. The van der Waals surface area contributed by atoms with E-state index < -0.39 is 18.1 Å². The lowest BCUT2D eigenvalue weighted by Crippen LogP contribution is -2.46. The average Bonchev–Trinajstić information content (AvgIpc) is 3.04. The van der Waals surface area contributed by atoms with E-state index in [0.717, 1.165) is 26.9 Å². The fraction of sp³-hybridized carbons (Fsp3) is 0.286. The van der Waals surface area contributed by atoms with E-state index in [9.17, 15) is 18.0 Å². The van der Waals surface area contributed by atoms with Gasteiger partial charge in [0.1, 0.15) is 5.75 Å². The molecule has 1 unspecified atom stereocenters. The minimum atomic E-state index is -4.93. The maximum Gasteiger partial charge on any atom is 0.471 e. The highest BCUT2D eigenvalue weighted by Crippen LogP contribution is 2.40. The molecule has 4 rings (SSSR count). The Morgan fingerprint density at radius 2 is 1.89 bits per heavy atom. The zero-order valence-electron chi connectivity index (χ0n) is 15.4. The zero-order chi connectivity index (χ0) is 20.1. The number of ether oxygens (including phenoxy) is 1. The number of alkyl halides is 3. The number of benzene rings is 2. The highest BCUT2D eigenvalue weighted by Gasteiger charge is 2.47. The third kappa shape index (κ3) is 3.00. The molecule has 1 amide bonds. The van der Waals surface area contributed by atoms with Crippen LogP contribution in [-0.2, 0) is 11.2 Å². The van der Waals surface area contributed by atoms with Gasteiger partial charge in [0.05, 0.1) is 13.2 Å². The molecule has 4 nitrogen and oxygen atoms in total. The Balaban J connectivity index is 1.89. The van der Waals surface area contributed by atoms with Crippen molar-refractivity contribution in [2.24, 2.45) is 0 Å². The molecule has 1 N–H and O–H groups in total. The molecule has 3 aromatic rings. The first-order valence-electron chi connectivity index (χ1n) is 8.92. The van der Waals surface area contributed by atoms with Crippen molar-refractivity contribution in [2.75, 3.05) is 13.7 Å². The van der Waals surface area contributed by atoms with Crippen LogP contribution in [0.4, 0.5) is 13.2 Å². The van der Waals surface area contributed by atoms with E-state index in [1.807, 2.05) is 25.1 Å². The summed E-state index contributed by atoms with van der Waals surface area (Å²) >= 11 is 0. The molecule has 1 aliphatic rings. The summed E-state index contributed by atoms with van der Waals surface area (Å²) in [6.45, 7) is 1.98. The minimum absolute atomic E-state index is 0.00291. The van der Waals surface area contributed by atoms with E-state index in [2.05, 4.69) is 4.98 Å². The number of nitrogens with zero attached hydrogens (tertiary/aromatic N) is 1. The Labute approximate surface area is 159 Å². The van der Waals surface area contributed by atoms with Crippen LogP contribution in [0.25, 0.3) is 10.9 Å². The second-order valence-corrected chi connectivity index (χ2v) is 6.99. The van der Waals surface area contributed by atoms with Crippen LogP contribution in [0.5, 0.6) is 5.75 Å². The third-order valence-electron chi connectivity index (χ3n) is 5.22. The molecule has 28 heavy (non-hydrogen) atoms. The first kappa shape index (κ1) is 18.4. The van der Waals surface area contributed by atoms with Gasteiger partial charge in [0.25, 0.3) is 0 Å². The van der Waals surface area contributed by atoms with Gasteiger partial charge in [-0.3, -0.25) is 4.79 Å².